The summed E-state index contributed by atoms with van der Waals surface area (Å²) in [6.45, 7) is 3.54. The second kappa shape index (κ2) is 8.78. The van der Waals surface area contributed by atoms with Gasteiger partial charge in [0.1, 0.15) is 5.75 Å². The Morgan fingerprint density at radius 1 is 1.22 bits per heavy atom. The molecule has 23 heavy (non-hydrogen) atoms. The van der Waals surface area contributed by atoms with Gasteiger partial charge in [0.05, 0.1) is 7.11 Å². The number of ether oxygens (including phenoxy) is 1. The molecule has 0 aliphatic carbocycles. The monoisotopic (exact) mass is 312 g/mol. The minimum Gasteiger partial charge on any atom is -0.497 e. The van der Waals surface area contributed by atoms with Crippen molar-refractivity contribution in [2.45, 2.75) is 19.9 Å². The van der Waals surface area contributed by atoms with Gasteiger partial charge in [0.25, 0.3) is 0 Å². The summed E-state index contributed by atoms with van der Waals surface area (Å²) >= 11 is 0. The molecule has 0 aliphatic heterocycles. The van der Waals surface area contributed by atoms with E-state index in [-0.39, 0.29) is 0 Å². The average molecular weight is 312 g/mol. The Morgan fingerprint density at radius 3 is 2.78 bits per heavy atom. The Bertz CT molecular complexity index is 641. The van der Waals surface area contributed by atoms with Gasteiger partial charge in [0.15, 0.2) is 5.96 Å². The maximum atomic E-state index is 5.30. The van der Waals surface area contributed by atoms with Crippen molar-refractivity contribution in [1.29, 1.82) is 0 Å². The van der Waals surface area contributed by atoms with Gasteiger partial charge in [-0.05, 0) is 42.3 Å². The molecule has 1 aromatic carbocycles. The van der Waals surface area contributed by atoms with Crippen LogP contribution in [-0.4, -0.2) is 31.6 Å². The standard InChI is InChI=1S/C18H24N4O/c1-14-10-15(12-17(11-14)23-3)13-22-18(19-2)21-9-7-16-6-4-5-8-20-16/h4-6,8,10-12H,7,9,13H2,1-3H3,(H2,19,21,22). The second-order valence-corrected chi connectivity index (χ2v) is 5.28. The number of hydrogen-bond donors (Lipinski definition) is 2. The van der Waals surface area contributed by atoms with Gasteiger partial charge in [-0.15, -0.1) is 0 Å². The summed E-state index contributed by atoms with van der Waals surface area (Å²) in [5, 5.41) is 6.61. The van der Waals surface area contributed by atoms with Gasteiger partial charge >= 0.3 is 0 Å². The fraction of sp³-hybridized carbons (Fsp3) is 0.333. The lowest BCUT2D eigenvalue weighted by Gasteiger charge is -2.13. The fourth-order valence-electron chi connectivity index (χ4n) is 2.31. The van der Waals surface area contributed by atoms with E-state index in [1.165, 1.54) is 5.56 Å². The molecule has 5 nitrogen and oxygen atoms in total. The van der Waals surface area contributed by atoms with Crippen LogP contribution < -0.4 is 15.4 Å². The molecule has 0 fully saturated rings. The van der Waals surface area contributed by atoms with Gasteiger partial charge in [-0.2, -0.15) is 0 Å². The molecule has 0 radical (unpaired) electrons. The van der Waals surface area contributed by atoms with Crippen LogP contribution in [0, 0.1) is 6.92 Å². The maximum Gasteiger partial charge on any atom is 0.191 e. The smallest absolute Gasteiger partial charge is 0.191 e. The number of methoxy groups -OCH3 is 1. The van der Waals surface area contributed by atoms with Crippen molar-refractivity contribution in [2.75, 3.05) is 20.7 Å². The molecule has 0 spiro atoms. The van der Waals surface area contributed by atoms with Crippen LogP contribution in [0.25, 0.3) is 0 Å². The number of hydrogen-bond acceptors (Lipinski definition) is 3. The van der Waals surface area contributed by atoms with Gasteiger partial charge in [-0.3, -0.25) is 9.98 Å². The van der Waals surface area contributed by atoms with Crippen molar-refractivity contribution in [1.82, 2.24) is 15.6 Å². The van der Waals surface area contributed by atoms with Gasteiger partial charge in [-0.25, -0.2) is 0 Å². The third-order valence-electron chi connectivity index (χ3n) is 3.43. The van der Waals surface area contributed by atoms with Gasteiger partial charge in [0, 0.05) is 38.4 Å². The normalized spacial score (nSPS) is 11.2. The first-order valence-electron chi connectivity index (χ1n) is 7.70. The van der Waals surface area contributed by atoms with Crippen LogP contribution in [0.15, 0.2) is 47.6 Å². The second-order valence-electron chi connectivity index (χ2n) is 5.28. The predicted octanol–water partition coefficient (Wildman–Crippen LogP) is 2.31. The van der Waals surface area contributed by atoms with Crippen LogP contribution in [0.4, 0.5) is 0 Å². The highest BCUT2D eigenvalue weighted by Crippen LogP contribution is 2.16. The van der Waals surface area contributed by atoms with E-state index in [4.69, 9.17) is 4.74 Å². The molecule has 0 bridgehead atoms. The van der Waals surface area contributed by atoms with E-state index in [1.54, 1.807) is 14.2 Å². The first-order chi connectivity index (χ1) is 11.2. The van der Waals surface area contributed by atoms with E-state index in [0.717, 1.165) is 35.9 Å². The van der Waals surface area contributed by atoms with E-state index in [1.807, 2.05) is 36.5 Å². The number of pyridine rings is 1. The summed E-state index contributed by atoms with van der Waals surface area (Å²) < 4.78 is 5.30. The Balaban J connectivity index is 1.82. The minimum atomic E-state index is 0.696. The molecule has 2 aromatic rings. The van der Waals surface area contributed by atoms with Crippen LogP contribution in [0.1, 0.15) is 16.8 Å². The zero-order valence-electron chi connectivity index (χ0n) is 14.0. The van der Waals surface area contributed by atoms with Crippen LogP contribution in [0.5, 0.6) is 5.75 Å². The molecular weight excluding hydrogens is 288 g/mol. The molecule has 0 saturated heterocycles. The van der Waals surface area contributed by atoms with Crippen molar-refractivity contribution in [2.24, 2.45) is 4.99 Å². The Morgan fingerprint density at radius 2 is 2.09 bits per heavy atom. The van der Waals surface area contributed by atoms with E-state index < -0.39 is 0 Å². The van der Waals surface area contributed by atoms with Crippen LogP contribution in [0.2, 0.25) is 0 Å². The lowest BCUT2D eigenvalue weighted by Crippen LogP contribution is -2.37. The van der Waals surface area contributed by atoms with E-state index in [0.29, 0.717) is 6.54 Å². The molecule has 0 saturated carbocycles. The number of nitrogens with one attached hydrogen (secondary N) is 2. The number of aliphatic imine (C=N–C) groups is 1. The summed E-state index contributed by atoms with van der Waals surface area (Å²) in [5.74, 6) is 1.65. The lowest BCUT2D eigenvalue weighted by molar-refractivity contribution is 0.414. The van der Waals surface area contributed by atoms with Crippen LogP contribution >= 0.6 is 0 Å². The predicted molar refractivity (Wildman–Crippen MR) is 93.9 cm³/mol. The summed E-state index contributed by atoms with van der Waals surface area (Å²) in [4.78, 5) is 8.55. The van der Waals surface area contributed by atoms with Gasteiger partial charge < -0.3 is 15.4 Å². The van der Waals surface area contributed by atoms with Gasteiger partial charge in [-0.1, -0.05) is 12.1 Å². The largest absolute Gasteiger partial charge is 0.497 e. The molecule has 2 N–H and O–H groups in total. The van der Waals surface area contributed by atoms with Crippen molar-refractivity contribution >= 4 is 5.96 Å². The van der Waals surface area contributed by atoms with E-state index in [9.17, 15) is 0 Å². The summed E-state index contributed by atoms with van der Waals surface area (Å²) in [6.07, 6.45) is 2.67. The zero-order valence-corrected chi connectivity index (χ0v) is 14.0. The first kappa shape index (κ1) is 16.8. The molecule has 1 heterocycles. The van der Waals surface area contributed by atoms with Crippen molar-refractivity contribution in [3.8, 4) is 5.75 Å². The Hall–Kier alpha value is -2.56. The topological polar surface area (TPSA) is 58.5 Å². The molecule has 2 rings (SSSR count). The third kappa shape index (κ3) is 5.62. The number of rotatable bonds is 6. The zero-order chi connectivity index (χ0) is 16.5. The quantitative estimate of drug-likeness (QED) is 0.635. The molecular formula is C18H24N4O. The highest BCUT2D eigenvalue weighted by Gasteiger charge is 2.02. The van der Waals surface area contributed by atoms with Crippen molar-refractivity contribution in [3.05, 3.63) is 59.4 Å². The fourth-order valence-corrected chi connectivity index (χ4v) is 2.31. The van der Waals surface area contributed by atoms with Crippen molar-refractivity contribution in [3.63, 3.8) is 0 Å². The maximum absolute atomic E-state index is 5.30. The minimum absolute atomic E-state index is 0.696. The number of benzene rings is 1. The highest BCUT2D eigenvalue weighted by molar-refractivity contribution is 5.79. The summed E-state index contributed by atoms with van der Waals surface area (Å²) in [5.41, 5.74) is 3.41. The number of aryl methyl sites for hydroxylation is 1. The molecule has 1 aromatic heterocycles. The van der Waals surface area contributed by atoms with Crippen LogP contribution in [-0.2, 0) is 13.0 Å². The first-order valence-corrected chi connectivity index (χ1v) is 7.70. The third-order valence-corrected chi connectivity index (χ3v) is 3.43. The molecule has 0 amide bonds. The molecule has 0 atom stereocenters. The van der Waals surface area contributed by atoms with E-state index >= 15 is 0 Å². The number of nitrogens with zero attached hydrogens (tertiary/aromatic N) is 2. The van der Waals surface area contributed by atoms with Crippen LogP contribution in [0.3, 0.4) is 0 Å². The van der Waals surface area contributed by atoms with Crippen molar-refractivity contribution < 1.29 is 4.74 Å². The van der Waals surface area contributed by atoms with E-state index in [2.05, 4.69) is 33.6 Å². The average Bonchev–Trinajstić information content (AvgIpc) is 2.58. The molecule has 0 aliphatic rings. The Kier molecular flexibility index (Phi) is 6.41. The SMILES string of the molecule is CN=C(NCCc1ccccn1)NCc1cc(C)cc(OC)c1. The molecule has 0 unspecified atom stereocenters. The lowest BCUT2D eigenvalue weighted by atomic mass is 10.1. The molecule has 5 heteroatoms. The van der Waals surface area contributed by atoms with Gasteiger partial charge in [0.2, 0.25) is 0 Å². The summed E-state index contributed by atoms with van der Waals surface area (Å²) in [7, 11) is 3.46. The number of aromatic nitrogens is 1. The highest BCUT2D eigenvalue weighted by atomic mass is 16.5. The summed E-state index contributed by atoms with van der Waals surface area (Å²) in [6, 6.07) is 12.1. The molecule has 122 valence electrons. The Labute approximate surface area is 137 Å². The number of guanidine groups is 1.